The van der Waals surface area contributed by atoms with Crippen LogP contribution in [-0.2, 0) is 4.79 Å². The van der Waals surface area contributed by atoms with E-state index < -0.39 is 12.1 Å². The molecule has 2 atom stereocenters. The number of allylic oxidation sites excluding steroid dienone is 9. The molecule has 0 fully saturated rings. The molecule has 0 aromatic heterocycles. The number of hydrogen-bond acceptors (Lipinski definition) is 3. The van der Waals surface area contributed by atoms with Crippen LogP contribution in [0.4, 0.5) is 0 Å². The van der Waals surface area contributed by atoms with Crippen molar-refractivity contribution in [3.8, 4) is 0 Å². The van der Waals surface area contributed by atoms with Crippen LogP contribution >= 0.6 is 0 Å². The standard InChI is InChI=1S/C38H67NO3/c1-3-5-7-9-11-13-15-17-18-19-20-22-24-26-28-30-32-34-38(42)39-36(35-40)37(41)33-31-29-27-25-23-21-16-14-12-10-8-6-4-2/h11-14,17-18,23,25,31,33,36-37,40-41H,3-10,15-16,19-22,24,26-30,32,34-35H2,1-2H3,(H,39,42)/b13-11-,14-12+,18-17-,25-23+,33-31+. The first-order valence-electron chi connectivity index (χ1n) is 17.5. The van der Waals surface area contributed by atoms with Gasteiger partial charge in [-0.15, -0.1) is 0 Å². The quantitative estimate of drug-likeness (QED) is 0.0580. The molecule has 0 bridgehead atoms. The van der Waals surface area contributed by atoms with Crippen molar-refractivity contribution in [3.05, 3.63) is 60.8 Å². The molecule has 0 aromatic carbocycles. The van der Waals surface area contributed by atoms with E-state index >= 15 is 0 Å². The highest BCUT2D eigenvalue weighted by Crippen LogP contribution is 2.11. The van der Waals surface area contributed by atoms with Gasteiger partial charge in [0.1, 0.15) is 0 Å². The molecule has 0 aliphatic rings. The summed E-state index contributed by atoms with van der Waals surface area (Å²) in [5.41, 5.74) is 0. The Kier molecular flexibility index (Phi) is 32.1. The fourth-order valence-electron chi connectivity index (χ4n) is 4.71. The van der Waals surface area contributed by atoms with Gasteiger partial charge in [-0.1, -0.05) is 132 Å². The number of nitrogens with one attached hydrogen (secondary N) is 1. The van der Waals surface area contributed by atoms with Crippen LogP contribution in [0.3, 0.4) is 0 Å². The van der Waals surface area contributed by atoms with Gasteiger partial charge in [0, 0.05) is 6.42 Å². The first-order chi connectivity index (χ1) is 20.7. The number of aliphatic hydroxyl groups is 2. The maximum Gasteiger partial charge on any atom is 0.220 e. The minimum atomic E-state index is -0.873. The molecule has 0 rings (SSSR count). The number of hydrogen-bond donors (Lipinski definition) is 3. The molecule has 42 heavy (non-hydrogen) atoms. The second-order valence-electron chi connectivity index (χ2n) is 11.6. The van der Waals surface area contributed by atoms with Crippen molar-refractivity contribution >= 4 is 5.91 Å². The molecule has 2 unspecified atom stereocenters. The summed E-state index contributed by atoms with van der Waals surface area (Å²) in [5.74, 6) is -0.0913. The molecule has 242 valence electrons. The van der Waals surface area contributed by atoms with Crippen LogP contribution in [0.25, 0.3) is 0 Å². The van der Waals surface area contributed by atoms with E-state index in [1.165, 1.54) is 83.5 Å². The number of carbonyl (C=O) groups is 1. The van der Waals surface area contributed by atoms with Crippen molar-refractivity contribution in [1.29, 1.82) is 0 Å². The normalized spacial score (nSPS) is 13.9. The first kappa shape index (κ1) is 40.1. The highest BCUT2D eigenvalue weighted by Gasteiger charge is 2.17. The van der Waals surface area contributed by atoms with Crippen LogP contribution in [0.1, 0.15) is 155 Å². The highest BCUT2D eigenvalue weighted by molar-refractivity contribution is 5.76. The van der Waals surface area contributed by atoms with Gasteiger partial charge >= 0.3 is 0 Å². The minimum absolute atomic E-state index is 0.0913. The van der Waals surface area contributed by atoms with E-state index in [-0.39, 0.29) is 12.5 Å². The molecule has 0 saturated heterocycles. The molecule has 0 aromatic rings. The van der Waals surface area contributed by atoms with Crippen molar-refractivity contribution in [3.63, 3.8) is 0 Å². The second kappa shape index (κ2) is 33.6. The lowest BCUT2D eigenvalue weighted by Gasteiger charge is -2.19. The van der Waals surface area contributed by atoms with Gasteiger partial charge in [0.25, 0.3) is 0 Å². The largest absolute Gasteiger partial charge is 0.394 e. The Morgan fingerprint density at radius 2 is 1.00 bits per heavy atom. The van der Waals surface area contributed by atoms with Crippen LogP contribution in [0.2, 0.25) is 0 Å². The van der Waals surface area contributed by atoms with E-state index in [0.29, 0.717) is 6.42 Å². The molecule has 4 heteroatoms. The van der Waals surface area contributed by atoms with Crippen molar-refractivity contribution in [2.24, 2.45) is 0 Å². The van der Waals surface area contributed by atoms with Crippen LogP contribution < -0.4 is 5.32 Å². The summed E-state index contributed by atoms with van der Waals surface area (Å²) in [6.45, 7) is 4.20. The molecule has 0 saturated carbocycles. The van der Waals surface area contributed by atoms with Gasteiger partial charge in [-0.2, -0.15) is 0 Å². The van der Waals surface area contributed by atoms with E-state index in [1.807, 2.05) is 6.08 Å². The molecular weight excluding hydrogens is 518 g/mol. The van der Waals surface area contributed by atoms with Crippen molar-refractivity contribution < 1.29 is 15.0 Å². The Balaban J connectivity index is 3.74. The van der Waals surface area contributed by atoms with Gasteiger partial charge in [0.15, 0.2) is 0 Å². The Hall–Kier alpha value is -1.91. The zero-order chi connectivity index (χ0) is 30.8. The summed E-state index contributed by atoms with van der Waals surface area (Å²) in [6.07, 6.45) is 45.8. The average Bonchev–Trinajstić information content (AvgIpc) is 2.99. The fourth-order valence-corrected chi connectivity index (χ4v) is 4.71. The Morgan fingerprint density at radius 3 is 1.52 bits per heavy atom. The van der Waals surface area contributed by atoms with E-state index in [2.05, 4.69) is 67.8 Å². The average molecular weight is 586 g/mol. The van der Waals surface area contributed by atoms with E-state index in [1.54, 1.807) is 6.08 Å². The SMILES string of the molecule is CCCCC/C=C\C/C=C\CCCCCCCCCC(=O)NC(CO)C(O)/C=C/CC/C=C/CC/C=C/CCCCC. The summed E-state index contributed by atoms with van der Waals surface area (Å²) in [4.78, 5) is 12.3. The molecule has 0 aliphatic heterocycles. The topological polar surface area (TPSA) is 69.6 Å². The molecular formula is C38H67NO3. The van der Waals surface area contributed by atoms with Crippen LogP contribution in [0.5, 0.6) is 0 Å². The predicted octanol–water partition coefficient (Wildman–Crippen LogP) is 10.2. The molecule has 0 radical (unpaired) electrons. The number of rotatable bonds is 30. The molecule has 0 heterocycles. The first-order valence-corrected chi connectivity index (χ1v) is 17.5. The lowest BCUT2D eigenvalue weighted by molar-refractivity contribution is -0.123. The lowest BCUT2D eigenvalue weighted by Crippen LogP contribution is -2.45. The maximum atomic E-state index is 12.3. The summed E-state index contributed by atoms with van der Waals surface area (Å²) >= 11 is 0. The van der Waals surface area contributed by atoms with Gasteiger partial charge in [-0.3, -0.25) is 4.79 Å². The summed E-state index contributed by atoms with van der Waals surface area (Å²) in [7, 11) is 0. The third-order valence-electron chi connectivity index (χ3n) is 7.45. The zero-order valence-corrected chi connectivity index (χ0v) is 27.5. The lowest BCUT2D eigenvalue weighted by atomic mass is 10.1. The fraction of sp³-hybridized carbons (Fsp3) is 0.711. The van der Waals surface area contributed by atoms with Gasteiger partial charge in [0.05, 0.1) is 18.8 Å². The monoisotopic (exact) mass is 586 g/mol. The minimum Gasteiger partial charge on any atom is -0.394 e. The van der Waals surface area contributed by atoms with Crippen molar-refractivity contribution in [1.82, 2.24) is 5.32 Å². The number of aliphatic hydroxyl groups excluding tert-OH is 2. The van der Waals surface area contributed by atoms with Crippen LogP contribution in [-0.4, -0.2) is 34.9 Å². The predicted molar refractivity (Wildman–Crippen MR) is 184 cm³/mol. The maximum absolute atomic E-state index is 12.3. The van der Waals surface area contributed by atoms with Crippen molar-refractivity contribution in [2.45, 2.75) is 167 Å². The highest BCUT2D eigenvalue weighted by atomic mass is 16.3. The summed E-state index contributed by atoms with van der Waals surface area (Å²) < 4.78 is 0. The molecule has 0 aliphatic carbocycles. The Morgan fingerprint density at radius 1 is 0.571 bits per heavy atom. The summed E-state index contributed by atoms with van der Waals surface area (Å²) in [6, 6.07) is -0.649. The van der Waals surface area contributed by atoms with E-state index in [9.17, 15) is 15.0 Å². The van der Waals surface area contributed by atoms with Crippen LogP contribution in [0, 0.1) is 0 Å². The van der Waals surface area contributed by atoms with E-state index in [4.69, 9.17) is 0 Å². The second-order valence-corrected chi connectivity index (χ2v) is 11.6. The number of unbranched alkanes of at least 4 members (excludes halogenated alkanes) is 15. The Labute approximate surface area is 260 Å². The van der Waals surface area contributed by atoms with Crippen LogP contribution in [0.15, 0.2) is 60.8 Å². The number of carbonyl (C=O) groups excluding carboxylic acids is 1. The van der Waals surface area contributed by atoms with Gasteiger partial charge in [-0.25, -0.2) is 0 Å². The van der Waals surface area contributed by atoms with Gasteiger partial charge < -0.3 is 15.5 Å². The van der Waals surface area contributed by atoms with Gasteiger partial charge in [-0.05, 0) is 77.0 Å². The van der Waals surface area contributed by atoms with Gasteiger partial charge in [0.2, 0.25) is 5.91 Å². The Bertz CT molecular complexity index is 722. The smallest absolute Gasteiger partial charge is 0.220 e. The number of amides is 1. The third-order valence-corrected chi connectivity index (χ3v) is 7.45. The molecule has 0 spiro atoms. The summed E-state index contributed by atoms with van der Waals surface area (Å²) in [5, 5.41) is 22.8. The molecule has 3 N–H and O–H groups in total. The zero-order valence-electron chi connectivity index (χ0n) is 27.5. The van der Waals surface area contributed by atoms with Crippen molar-refractivity contribution in [2.75, 3.05) is 6.61 Å². The van der Waals surface area contributed by atoms with E-state index in [0.717, 1.165) is 51.4 Å². The molecule has 1 amide bonds. The third kappa shape index (κ3) is 29.6. The molecule has 4 nitrogen and oxygen atoms in total.